The first-order valence-electron chi connectivity index (χ1n) is 6.27. The van der Waals surface area contributed by atoms with Gasteiger partial charge < -0.3 is 27.4 Å². The average Bonchev–Trinajstić information content (AvgIpc) is 2.30. The number of aryl methyl sites for hydroxylation is 1. The summed E-state index contributed by atoms with van der Waals surface area (Å²) >= 11 is 0. The number of likely N-dealkylation sites (N-methyl/N-ethyl adjacent to an activating group) is 1. The van der Waals surface area contributed by atoms with E-state index in [1.165, 1.54) is 0 Å². The Morgan fingerprint density at radius 1 is 1.29 bits per heavy atom. The van der Waals surface area contributed by atoms with Gasteiger partial charge in [-0.05, 0) is 44.8 Å². The Morgan fingerprint density at radius 2 is 1.95 bits per heavy atom. The van der Waals surface area contributed by atoms with Crippen LogP contribution in [0.5, 0.6) is 0 Å². The van der Waals surface area contributed by atoms with Gasteiger partial charge in [-0.15, -0.1) is 0 Å². The van der Waals surface area contributed by atoms with E-state index in [1.807, 2.05) is 21.0 Å². The van der Waals surface area contributed by atoms with Gasteiger partial charge in [-0.25, -0.2) is 4.99 Å². The SMILES string of the molecule is Cc1cc(N=C(N)N=C(N)N)ccc1NC(=O)CN(C)C. The molecule has 0 unspecified atom stereocenters. The third-order valence-corrected chi connectivity index (χ3v) is 2.43. The molecule has 0 heterocycles. The van der Waals surface area contributed by atoms with Gasteiger partial charge in [-0.1, -0.05) is 0 Å². The minimum Gasteiger partial charge on any atom is -0.370 e. The molecule has 0 saturated heterocycles. The summed E-state index contributed by atoms with van der Waals surface area (Å²) in [6.45, 7) is 2.18. The fraction of sp³-hybridized carbons (Fsp3) is 0.308. The van der Waals surface area contributed by atoms with Crippen molar-refractivity contribution in [2.45, 2.75) is 6.92 Å². The number of carbonyl (C=O) groups excluding carboxylic acids is 1. The first-order chi connectivity index (χ1) is 9.77. The molecule has 0 atom stereocenters. The van der Waals surface area contributed by atoms with E-state index in [4.69, 9.17) is 17.2 Å². The van der Waals surface area contributed by atoms with Crippen LogP contribution < -0.4 is 22.5 Å². The third-order valence-electron chi connectivity index (χ3n) is 2.43. The Morgan fingerprint density at radius 3 is 2.48 bits per heavy atom. The maximum absolute atomic E-state index is 11.7. The highest BCUT2D eigenvalue weighted by Crippen LogP contribution is 2.21. The number of amides is 1. The standard InChI is InChI=1S/C13H21N7O/c1-8-6-9(17-13(16)19-12(14)15)4-5-10(8)18-11(21)7-20(2)3/h4-6H,7H2,1-3H3,(H,18,21)(H6,14,15,16,17,19). The zero-order chi connectivity index (χ0) is 16.0. The van der Waals surface area contributed by atoms with Crippen molar-refractivity contribution >= 4 is 29.2 Å². The van der Waals surface area contributed by atoms with Crippen LogP contribution in [0.2, 0.25) is 0 Å². The summed E-state index contributed by atoms with van der Waals surface area (Å²) in [6, 6.07) is 5.25. The number of nitrogens with one attached hydrogen (secondary N) is 1. The molecular formula is C13H21N7O. The number of benzene rings is 1. The lowest BCUT2D eigenvalue weighted by atomic mass is 10.2. The number of nitrogens with two attached hydrogens (primary N) is 3. The number of nitrogens with zero attached hydrogens (tertiary/aromatic N) is 3. The van der Waals surface area contributed by atoms with E-state index in [2.05, 4.69) is 15.3 Å². The van der Waals surface area contributed by atoms with E-state index < -0.39 is 0 Å². The van der Waals surface area contributed by atoms with Crippen molar-refractivity contribution in [1.82, 2.24) is 4.90 Å². The smallest absolute Gasteiger partial charge is 0.238 e. The Hall–Kier alpha value is -2.61. The molecule has 0 spiro atoms. The molecule has 8 nitrogen and oxygen atoms in total. The molecule has 114 valence electrons. The van der Waals surface area contributed by atoms with Crippen molar-refractivity contribution in [3.05, 3.63) is 23.8 Å². The van der Waals surface area contributed by atoms with Gasteiger partial charge in [0.15, 0.2) is 5.96 Å². The van der Waals surface area contributed by atoms with Crippen LogP contribution >= 0.6 is 0 Å². The maximum Gasteiger partial charge on any atom is 0.238 e. The molecule has 7 N–H and O–H groups in total. The average molecular weight is 291 g/mol. The maximum atomic E-state index is 11.7. The van der Waals surface area contributed by atoms with Crippen molar-refractivity contribution in [2.24, 2.45) is 27.2 Å². The number of hydrogen-bond donors (Lipinski definition) is 4. The lowest BCUT2D eigenvalue weighted by Crippen LogP contribution is -2.27. The normalized spacial score (nSPS) is 11.3. The largest absolute Gasteiger partial charge is 0.370 e. The first-order valence-corrected chi connectivity index (χ1v) is 6.27. The van der Waals surface area contributed by atoms with Gasteiger partial charge in [-0.2, -0.15) is 4.99 Å². The molecule has 0 saturated carbocycles. The van der Waals surface area contributed by atoms with Crippen LogP contribution in [0.1, 0.15) is 5.56 Å². The number of aliphatic imine (C=N–C) groups is 2. The summed E-state index contributed by atoms with van der Waals surface area (Å²) in [6.07, 6.45) is 0. The van der Waals surface area contributed by atoms with Crippen LogP contribution in [0.3, 0.4) is 0 Å². The van der Waals surface area contributed by atoms with Gasteiger partial charge in [-0.3, -0.25) is 4.79 Å². The second kappa shape index (κ2) is 7.25. The summed E-state index contributed by atoms with van der Waals surface area (Å²) in [5, 5.41) is 2.83. The van der Waals surface area contributed by atoms with Gasteiger partial charge in [0, 0.05) is 5.69 Å². The number of anilines is 1. The number of hydrogen-bond acceptors (Lipinski definition) is 3. The molecule has 1 aromatic rings. The van der Waals surface area contributed by atoms with E-state index in [1.54, 1.807) is 23.1 Å². The van der Waals surface area contributed by atoms with E-state index in [-0.39, 0.29) is 17.8 Å². The highest BCUT2D eigenvalue weighted by Gasteiger charge is 2.06. The Balaban J connectivity index is 2.86. The summed E-state index contributed by atoms with van der Waals surface area (Å²) in [5.41, 5.74) is 18.2. The minimum absolute atomic E-state index is 0.0289. The van der Waals surface area contributed by atoms with Crippen LogP contribution in [0.4, 0.5) is 11.4 Å². The van der Waals surface area contributed by atoms with Gasteiger partial charge in [0.05, 0.1) is 12.2 Å². The molecule has 1 amide bonds. The Kier molecular flexibility index (Phi) is 5.67. The molecule has 0 aliphatic heterocycles. The highest BCUT2D eigenvalue weighted by molar-refractivity contribution is 5.94. The molecule has 1 aromatic carbocycles. The number of rotatable bonds is 4. The predicted octanol–water partition coefficient (Wildman–Crippen LogP) is -0.285. The molecule has 0 fully saturated rings. The molecule has 0 aromatic heterocycles. The van der Waals surface area contributed by atoms with Crippen molar-refractivity contribution in [1.29, 1.82) is 0 Å². The quantitative estimate of drug-likeness (QED) is 0.447. The minimum atomic E-state index is -0.152. The monoisotopic (exact) mass is 291 g/mol. The molecule has 21 heavy (non-hydrogen) atoms. The summed E-state index contributed by atoms with van der Waals surface area (Å²) in [5.74, 6) is -0.265. The molecule has 0 bridgehead atoms. The molecular weight excluding hydrogens is 270 g/mol. The van der Waals surface area contributed by atoms with Crippen molar-refractivity contribution in [3.63, 3.8) is 0 Å². The number of carbonyl (C=O) groups is 1. The van der Waals surface area contributed by atoms with E-state index in [0.717, 1.165) is 11.3 Å². The van der Waals surface area contributed by atoms with Gasteiger partial charge in [0.25, 0.3) is 0 Å². The third kappa shape index (κ3) is 5.91. The second-order valence-electron chi connectivity index (χ2n) is 4.79. The Bertz CT molecular complexity index is 574. The van der Waals surface area contributed by atoms with Crippen LogP contribution in [0.15, 0.2) is 28.2 Å². The fourth-order valence-corrected chi connectivity index (χ4v) is 1.62. The van der Waals surface area contributed by atoms with Crippen LogP contribution in [-0.4, -0.2) is 43.4 Å². The molecule has 0 aliphatic rings. The van der Waals surface area contributed by atoms with Gasteiger partial charge in [0.2, 0.25) is 11.9 Å². The number of guanidine groups is 2. The van der Waals surface area contributed by atoms with Gasteiger partial charge in [0.1, 0.15) is 0 Å². The first kappa shape index (κ1) is 16.4. The summed E-state index contributed by atoms with van der Waals surface area (Å²) in [4.78, 5) is 21.2. The highest BCUT2D eigenvalue weighted by atomic mass is 16.2. The van der Waals surface area contributed by atoms with Crippen molar-refractivity contribution in [3.8, 4) is 0 Å². The van der Waals surface area contributed by atoms with Crippen molar-refractivity contribution in [2.75, 3.05) is 26.0 Å². The second-order valence-corrected chi connectivity index (χ2v) is 4.79. The molecule has 0 radical (unpaired) electrons. The summed E-state index contributed by atoms with van der Waals surface area (Å²) < 4.78 is 0. The zero-order valence-corrected chi connectivity index (χ0v) is 12.4. The lowest BCUT2D eigenvalue weighted by Gasteiger charge is -2.12. The molecule has 8 heteroatoms. The topological polar surface area (TPSA) is 135 Å². The molecule has 0 aliphatic carbocycles. The predicted molar refractivity (Wildman–Crippen MR) is 85.5 cm³/mol. The van der Waals surface area contributed by atoms with Crippen LogP contribution in [0.25, 0.3) is 0 Å². The lowest BCUT2D eigenvalue weighted by molar-refractivity contribution is -0.116. The van der Waals surface area contributed by atoms with E-state index in [0.29, 0.717) is 12.2 Å². The van der Waals surface area contributed by atoms with Gasteiger partial charge >= 0.3 is 0 Å². The van der Waals surface area contributed by atoms with Crippen molar-refractivity contribution < 1.29 is 4.79 Å². The zero-order valence-electron chi connectivity index (χ0n) is 12.4. The Labute approximate surface area is 123 Å². The van der Waals surface area contributed by atoms with E-state index in [9.17, 15) is 4.79 Å². The summed E-state index contributed by atoms with van der Waals surface area (Å²) in [7, 11) is 3.66. The van der Waals surface area contributed by atoms with E-state index >= 15 is 0 Å². The molecule has 1 rings (SSSR count). The van der Waals surface area contributed by atoms with Crippen LogP contribution in [-0.2, 0) is 4.79 Å². The van der Waals surface area contributed by atoms with Crippen LogP contribution in [0, 0.1) is 6.92 Å². The fourth-order valence-electron chi connectivity index (χ4n) is 1.62.